The van der Waals surface area contributed by atoms with Crippen LogP contribution in [0.1, 0.15) is 54.4 Å². The summed E-state index contributed by atoms with van der Waals surface area (Å²) < 4.78 is 11.5. The molecule has 0 saturated heterocycles. The fourth-order valence-electron chi connectivity index (χ4n) is 1.80. The van der Waals surface area contributed by atoms with E-state index in [4.69, 9.17) is 14.6 Å². The van der Waals surface area contributed by atoms with Crippen LogP contribution in [0.3, 0.4) is 0 Å². The van der Waals surface area contributed by atoms with E-state index in [1.165, 1.54) is 12.8 Å². The van der Waals surface area contributed by atoms with E-state index < -0.39 is 0 Å². The van der Waals surface area contributed by atoms with Crippen LogP contribution < -0.4 is 0 Å². The molecule has 0 saturated carbocycles. The van der Waals surface area contributed by atoms with Gasteiger partial charge in [-0.25, -0.2) is 0 Å². The maximum atomic E-state index is 8.87. The van der Waals surface area contributed by atoms with Gasteiger partial charge in [0.05, 0.1) is 31.0 Å². The molecule has 0 aromatic rings. The number of ether oxygens (including phenoxy) is 2. The van der Waals surface area contributed by atoms with E-state index >= 15 is 0 Å². The second kappa shape index (κ2) is 8.06. The van der Waals surface area contributed by atoms with Crippen LogP contribution in [-0.2, 0) is 9.47 Å². The predicted octanol–water partition coefficient (Wildman–Crippen LogP) is 3.00. The number of aliphatic hydroxyl groups is 1. The highest BCUT2D eigenvalue weighted by atomic mass is 16.6. The Kier molecular flexibility index (Phi) is 8.01. The fourth-order valence-corrected chi connectivity index (χ4v) is 1.80. The van der Waals surface area contributed by atoms with E-state index in [-0.39, 0.29) is 24.4 Å². The zero-order chi connectivity index (χ0) is 13.5. The molecule has 3 unspecified atom stereocenters. The first-order chi connectivity index (χ1) is 7.83. The molecule has 3 heteroatoms. The summed E-state index contributed by atoms with van der Waals surface area (Å²) in [5, 5.41) is 8.87. The monoisotopic (exact) mass is 246 g/mol. The highest BCUT2D eigenvalue weighted by molar-refractivity contribution is 4.77. The molecule has 0 rings (SSSR count). The molecule has 0 bridgehead atoms. The normalized spacial score (nSPS) is 17.8. The first kappa shape index (κ1) is 16.9. The molecule has 3 atom stereocenters. The standard InChI is InChI=1S/C14H30O3/c1-7-8-11(2)14(5,6)17-13(4)10-16-12(3)9-15/h11-13,15H,7-10H2,1-6H3. The van der Waals surface area contributed by atoms with Gasteiger partial charge in [0.25, 0.3) is 0 Å². The quantitative estimate of drug-likeness (QED) is 0.679. The molecule has 0 aliphatic carbocycles. The second-order valence-electron chi connectivity index (χ2n) is 5.55. The number of aliphatic hydroxyl groups excluding tert-OH is 1. The van der Waals surface area contributed by atoms with Crippen LogP contribution in [0.4, 0.5) is 0 Å². The van der Waals surface area contributed by atoms with Crippen LogP contribution in [0.15, 0.2) is 0 Å². The Balaban J connectivity index is 4.03. The van der Waals surface area contributed by atoms with Gasteiger partial charge < -0.3 is 14.6 Å². The average molecular weight is 246 g/mol. The molecule has 0 aromatic carbocycles. The average Bonchev–Trinajstić information content (AvgIpc) is 2.25. The largest absolute Gasteiger partial charge is 0.394 e. The minimum Gasteiger partial charge on any atom is -0.394 e. The first-order valence-electron chi connectivity index (χ1n) is 6.73. The third-order valence-electron chi connectivity index (χ3n) is 3.29. The minimum absolute atomic E-state index is 0.0540. The maximum absolute atomic E-state index is 8.87. The SMILES string of the molecule is CCCC(C)C(C)(C)OC(C)COC(C)CO. The van der Waals surface area contributed by atoms with Crippen molar-refractivity contribution < 1.29 is 14.6 Å². The van der Waals surface area contributed by atoms with Crippen molar-refractivity contribution in [2.45, 2.75) is 72.2 Å². The molecule has 1 N–H and O–H groups in total. The number of hydrogen-bond donors (Lipinski definition) is 1. The summed E-state index contributed by atoms with van der Waals surface area (Å²) in [7, 11) is 0. The Morgan fingerprint density at radius 1 is 1.12 bits per heavy atom. The van der Waals surface area contributed by atoms with Gasteiger partial charge >= 0.3 is 0 Å². The van der Waals surface area contributed by atoms with Crippen LogP contribution in [0.5, 0.6) is 0 Å². The zero-order valence-corrected chi connectivity index (χ0v) is 12.3. The first-order valence-corrected chi connectivity index (χ1v) is 6.73. The van der Waals surface area contributed by atoms with E-state index in [1.807, 2.05) is 13.8 Å². The van der Waals surface area contributed by atoms with E-state index in [2.05, 4.69) is 27.7 Å². The van der Waals surface area contributed by atoms with Crippen LogP contribution in [0.2, 0.25) is 0 Å². The van der Waals surface area contributed by atoms with Crippen molar-refractivity contribution in [3.63, 3.8) is 0 Å². The van der Waals surface area contributed by atoms with Crippen molar-refractivity contribution in [2.24, 2.45) is 5.92 Å². The van der Waals surface area contributed by atoms with Crippen molar-refractivity contribution in [2.75, 3.05) is 13.2 Å². The van der Waals surface area contributed by atoms with Gasteiger partial charge in [-0.2, -0.15) is 0 Å². The third kappa shape index (κ3) is 7.02. The van der Waals surface area contributed by atoms with Gasteiger partial charge in [0.1, 0.15) is 0 Å². The van der Waals surface area contributed by atoms with Crippen molar-refractivity contribution >= 4 is 0 Å². The predicted molar refractivity (Wildman–Crippen MR) is 71.2 cm³/mol. The highest BCUT2D eigenvalue weighted by Gasteiger charge is 2.28. The van der Waals surface area contributed by atoms with Crippen molar-refractivity contribution in [3.8, 4) is 0 Å². The smallest absolute Gasteiger partial charge is 0.0788 e. The topological polar surface area (TPSA) is 38.7 Å². The summed E-state index contributed by atoms with van der Waals surface area (Å²) in [6, 6.07) is 0. The van der Waals surface area contributed by atoms with Gasteiger partial charge in [-0.15, -0.1) is 0 Å². The van der Waals surface area contributed by atoms with E-state index in [0.717, 1.165) is 0 Å². The lowest BCUT2D eigenvalue weighted by atomic mass is 9.88. The lowest BCUT2D eigenvalue weighted by Crippen LogP contribution is -2.38. The molecule has 0 aliphatic rings. The van der Waals surface area contributed by atoms with E-state index in [0.29, 0.717) is 12.5 Å². The molecule has 0 amide bonds. The summed E-state index contributed by atoms with van der Waals surface area (Å²) in [5.74, 6) is 0.533. The minimum atomic E-state index is -0.124. The molecule has 0 aromatic heterocycles. The van der Waals surface area contributed by atoms with Crippen LogP contribution >= 0.6 is 0 Å². The highest BCUT2D eigenvalue weighted by Crippen LogP contribution is 2.26. The van der Waals surface area contributed by atoms with Crippen LogP contribution in [0.25, 0.3) is 0 Å². The van der Waals surface area contributed by atoms with Gasteiger partial charge in [-0.3, -0.25) is 0 Å². The Hall–Kier alpha value is -0.120. The summed E-state index contributed by atoms with van der Waals surface area (Å²) >= 11 is 0. The lowest BCUT2D eigenvalue weighted by Gasteiger charge is -2.35. The molecule has 0 spiro atoms. The maximum Gasteiger partial charge on any atom is 0.0788 e. The molecule has 0 aliphatic heterocycles. The molecule has 17 heavy (non-hydrogen) atoms. The second-order valence-corrected chi connectivity index (χ2v) is 5.55. The Labute approximate surface area is 107 Å². The molecule has 3 nitrogen and oxygen atoms in total. The van der Waals surface area contributed by atoms with Crippen molar-refractivity contribution in [1.29, 1.82) is 0 Å². The number of rotatable bonds is 9. The van der Waals surface area contributed by atoms with Crippen LogP contribution in [0, 0.1) is 5.92 Å². The summed E-state index contributed by atoms with van der Waals surface area (Å²) in [6.07, 6.45) is 2.30. The fraction of sp³-hybridized carbons (Fsp3) is 1.00. The molecule has 0 radical (unpaired) electrons. The molecular weight excluding hydrogens is 216 g/mol. The van der Waals surface area contributed by atoms with E-state index in [1.54, 1.807) is 0 Å². The Bertz CT molecular complexity index is 192. The number of hydrogen-bond acceptors (Lipinski definition) is 3. The molecular formula is C14H30O3. The van der Waals surface area contributed by atoms with Crippen molar-refractivity contribution in [3.05, 3.63) is 0 Å². The Morgan fingerprint density at radius 3 is 2.18 bits per heavy atom. The summed E-state index contributed by atoms with van der Waals surface area (Å²) in [5.41, 5.74) is -0.124. The molecule has 0 fully saturated rings. The van der Waals surface area contributed by atoms with Gasteiger partial charge in [0.15, 0.2) is 0 Å². The Morgan fingerprint density at radius 2 is 1.71 bits per heavy atom. The van der Waals surface area contributed by atoms with Gasteiger partial charge in [0.2, 0.25) is 0 Å². The van der Waals surface area contributed by atoms with Crippen LogP contribution in [-0.4, -0.2) is 36.1 Å². The zero-order valence-electron chi connectivity index (χ0n) is 12.3. The summed E-state index contributed by atoms with van der Waals surface area (Å²) in [4.78, 5) is 0. The van der Waals surface area contributed by atoms with E-state index in [9.17, 15) is 0 Å². The van der Waals surface area contributed by atoms with Gasteiger partial charge in [0, 0.05) is 0 Å². The third-order valence-corrected chi connectivity index (χ3v) is 3.29. The van der Waals surface area contributed by atoms with Gasteiger partial charge in [-0.05, 0) is 40.0 Å². The summed E-state index contributed by atoms with van der Waals surface area (Å²) in [6.45, 7) is 13.2. The van der Waals surface area contributed by atoms with Gasteiger partial charge in [-0.1, -0.05) is 20.3 Å². The molecule has 104 valence electrons. The van der Waals surface area contributed by atoms with Crippen molar-refractivity contribution in [1.82, 2.24) is 0 Å². The molecule has 0 heterocycles. The lowest BCUT2D eigenvalue weighted by molar-refractivity contribution is -0.129.